The van der Waals surface area contributed by atoms with E-state index in [1.165, 1.54) is 0 Å². The number of rotatable bonds is 8. The number of aromatic nitrogens is 1. The summed E-state index contributed by atoms with van der Waals surface area (Å²) in [5, 5.41) is 12.9. The Morgan fingerprint density at radius 3 is 2.56 bits per heavy atom. The van der Waals surface area contributed by atoms with Crippen LogP contribution in [0.3, 0.4) is 0 Å². The number of carbonyl (C=O) groups excluding carboxylic acids is 1. The second kappa shape index (κ2) is 11.0. The smallest absolute Gasteiger partial charge is 0.276 e. The number of methoxy groups -OCH3 is 1. The van der Waals surface area contributed by atoms with E-state index in [0.29, 0.717) is 43.3 Å². The summed E-state index contributed by atoms with van der Waals surface area (Å²) in [4.78, 5) is 16.8. The third kappa shape index (κ3) is 5.81. The van der Waals surface area contributed by atoms with E-state index in [2.05, 4.69) is 16.1 Å². The molecule has 8 heteroatoms. The van der Waals surface area contributed by atoms with Gasteiger partial charge in [0.2, 0.25) is 0 Å². The van der Waals surface area contributed by atoms with Gasteiger partial charge in [-0.25, -0.2) is 0 Å². The zero-order chi connectivity index (χ0) is 23.9. The van der Waals surface area contributed by atoms with E-state index in [-0.39, 0.29) is 12.0 Å². The predicted molar refractivity (Wildman–Crippen MR) is 125 cm³/mol. The Morgan fingerprint density at radius 1 is 1.15 bits per heavy atom. The van der Waals surface area contributed by atoms with Gasteiger partial charge in [0.05, 0.1) is 31.5 Å². The second-order valence-corrected chi connectivity index (χ2v) is 8.30. The first kappa shape index (κ1) is 23.5. The van der Waals surface area contributed by atoms with Gasteiger partial charge in [0.1, 0.15) is 11.5 Å². The average molecular weight is 461 g/mol. The van der Waals surface area contributed by atoms with Crippen LogP contribution in [0.5, 0.6) is 5.75 Å². The fourth-order valence-corrected chi connectivity index (χ4v) is 3.97. The third-order valence-corrected chi connectivity index (χ3v) is 5.93. The van der Waals surface area contributed by atoms with Crippen LogP contribution in [0.1, 0.15) is 39.0 Å². The van der Waals surface area contributed by atoms with E-state index in [0.717, 1.165) is 30.0 Å². The van der Waals surface area contributed by atoms with E-state index >= 15 is 0 Å². The first-order chi connectivity index (χ1) is 16.6. The lowest BCUT2D eigenvalue weighted by Crippen LogP contribution is -2.49. The van der Waals surface area contributed by atoms with Crippen molar-refractivity contribution in [2.45, 2.75) is 19.6 Å². The fraction of sp³-hybridized carbons (Fsp3) is 0.346. The number of hydrogen-bond acceptors (Lipinski definition) is 7. The molecule has 4 rings (SSSR count). The largest absolute Gasteiger partial charge is 0.497 e. The predicted octanol–water partition coefficient (Wildman–Crippen LogP) is 3.58. The van der Waals surface area contributed by atoms with E-state index in [9.17, 15) is 4.79 Å². The molecule has 0 aliphatic carbocycles. The molecule has 1 aliphatic rings. The Bertz CT molecular complexity index is 1140. The number of benzene rings is 2. The highest BCUT2D eigenvalue weighted by molar-refractivity contribution is 5.92. The summed E-state index contributed by atoms with van der Waals surface area (Å²) in [6.45, 7) is 5.60. The minimum atomic E-state index is -0.175. The highest BCUT2D eigenvalue weighted by Crippen LogP contribution is 2.25. The summed E-state index contributed by atoms with van der Waals surface area (Å²) in [6, 6.07) is 19.1. The van der Waals surface area contributed by atoms with Crippen LogP contribution in [0, 0.1) is 18.3 Å². The molecule has 0 radical (unpaired) electrons. The Balaban J connectivity index is 1.40. The number of piperazine rings is 1. The highest BCUT2D eigenvalue weighted by Gasteiger charge is 2.26. The molecular formula is C26H28N4O4. The molecule has 1 atom stereocenters. The van der Waals surface area contributed by atoms with Gasteiger partial charge in [-0.1, -0.05) is 29.4 Å². The molecule has 8 nitrogen and oxygen atoms in total. The maximum Gasteiger partial charge on any atom is 0.276 e. The molecule has 1 fully saturated rings. The van der Waals surface area contributed by atoms with Crippen molar-refractivity contribution < 1.29 is 18.8 Å². The molecule has 1 unspecified atom stereocenters. The van der Waals surface area contributed by atoms with Crippen molar-refractivity contribution in [1.82, 2.24) is 15.0 Å². The topological polar surface area (TPSA) is 91.8 Å². The Morgan fingerprint density at radius 2 is 1.91 bits per heavy atom. The van der Waals surface area contributed by atoms with Gasteiger partial charge in [0.25, 0.3) is 5.91 Å². The zero-order valence-electron chi connectivity index (χ0n) is 19.4. The van der Waals surface area contributed by atoms with Gasteiger partial charge in [0.15, 0.2) is 5.69 Å². The second-order valence-electron chi connectivity index (χ2n) is 8.30. The molecule has 2 heterocycles. The molecule has 0 bridgehead atoms. The first-order valence-electron chi connectivity index (χ1n) is 11.3. The summed E-state index contributed by atoms with van der Waals surface area (Å²) in [5.74, 6) is 1.31. The first-order valence-corrected chi connectivity index (χ1v) is 11.3. The minimum absolute atomic E-state index is 0.0992. The summed E-state index contributed by atoms with van der Waals surface area (Å²) in [6.07, 6.45) is -0.175. The van der Waals surface area contributed by atoms with Crippen LogP contribution < -0.4 is 4.74 Å². The van der Waals surface area contributed by atoms with Gasteiger partial charge in [-0.2, -0.15) is 5.26 Å². The Hall–Kier alpha value is -3.67. The van der Waals surface area contributed by atoms with E-state index in [4.69, 9.17) is 19.3 Å². The average Bonchev–Trinajstić information content (AvgIpc) is 3.33. The summed E-state index contributed by atoms with van der Waals surface area (Å²) >= 11 is 0. The monoisotopic (exact) mass is 460 g/mol. The molecule has 34 heavy (non-hydrogen) atoms. The SMILES string of the molecule is COc1cccc(C(CN2CCN(C(=O)c3cc(C)on3)CC2)OCc2ccc(C#N)cc2)c1. The van der Waals surface area contributed by atoms with Gasteiger partial charge < -0.3 is 18.9 Å². The van der Waals surface area contributed by atoms with Crippen LogP contribution in [0.15, 0.2) is 59.1 Å². The molecule has 3 aromatic rings. The summed E-state index contributed by atoms with van der Waals surface area (Å²) < 4.78 is 16.8. The summed E-state index contributed by atoms with van der Waals surface area (Å²) in [5.41, 5.74) is 3.02. The standard InChI is InChI=1S/C26H28N4O4/c1-19-14-24(28-34-19)26(31)30-12-10-29(11-13-30)17-25(22-4-3-5-23(15-22)32-2)33-18-21-8-6-20(16-27)7-9-21/h3-9,14-15,25H,10-13,17-18H2,1-2H3. The van der Waals surface area contributed by atoms with Crippen molar-refractivity contribution in [2.75, 3.05) is 39.8 Å². The highest BCUT2D eigenvalue weighted by atomic mass is 16.5. The van der Waals surface area contributed by atoms with Gasteiger partial charge in [-0.15, -0.1) is 0 Å². The van der Waals surface area contributed by atoms with Crippen molar-refractivity contribution in [3.63, 3.8) is 0 Å². The normalized spacial score (nSPS) is 15.0. The molecule has 1 amide bonds. The van der Waals surface area contributed by atoms with Crippen LogP contribution in [-0.4, -0.2) is 60.7 Å². The van der Waals surface area contributed by atoms with Gasteiger partial charge in [-0.05, 0) is 42.3 Å². The fourth-order valence-electron chi connectivity index (χ4n) is 3.97. The lowest BCUT2D eigenvalue weighted by Gasteiger charge is -2.36. The zero-order valence-corrected chi connectivity index (χ0v) is 19.4. The van der Waals surface area contributed by atoms with Gasteiger partial charge >= 0.3 is 0 Å². The van der Waals surface area contributed by atoms with Crippen molar-refractivity contribution in [3.05, 3.63) is 82.7 Å². The maximum absolute atomic E-state index is 12.7. The lowest BCUT2D eigenvalue weighted by atomic mass is 10.1. The molecule has 1 aliphatic heterocycles. The van der Waals surface area contributed by atoms with E-state index in [1.54, 1.807) is 32.2 Å². The van der Waals surface area contributed by atoms with Crippen LogP contribution in [0.2, 0.25) is 0 Å². The van der Waals surface area contributed by atoms with Crippen LogP contribution >= 0.6 is 0 Å². The molecule has 0 saturated carbocycles. The molecule has 1 aromatic heterocycles. The van der Waals surface area contributed by atoms with Crippen LogP contribution in [0.4, 0.5) is 0 Å². The number of amides is 1. The number of ether oxygens (including phenoxy) is 2. The van der Waals surface area contributed by atoms with Gasteiger partial charge in [-0.3, -0.25) is 9.69 Å². The van der Waals surface area contributed by atoms with Crippen molar-refractivity contribution in [2.24, 2.45) is 0 Å². The van der Waals surface area contributed by atoms with Gasteiger partial charge in [0, 0.05) is 38.8 Å². The molecule has 0 N–H and O–H groups in total. The molecule has 176 valence electrons. The van der Waals surface area contributed by atoms with Crippen LogP contribution in [0.25, 0.3) is 0 Å². The van der Waals surface area contributed by atoms with E-state index < -0.39 is 0 Å². The quantitative estimate of drug-likeness (QED) is 0.507. The molecule has 2 aromatic carbocycles. The van der Waals surface area contributed by atoms with Crippen molar-refractivity contribution in [1.29, 1.82) is 5.26 Å². The third-order valence-electron chi connectivity index (χ3n) is 5.93. The number of nitriles is 1. The van der Waals surface area contributed by atoms with Crippen molar-refractivity contribution >= 4 is 5.91 Å². The van der Waals surface area contributed by atoms with Crippen LogP contribution in [-0.2, 0) is 11.3 Å². The Kier molecular flexibility index (Phi) is 7.58. The Labute approximate surface area is 199 Å². The minimum Gasteiger partial charge on any atom is -0.497 e. The van der Waals surface area contributed by atoms with Crippen molar-refractivity contribution in [3.8, 4) is 11.8 Å². The number of nitrogens with zero attached hydrogens (tertiary/aromatic N) is 4. The number of carbonyl (C=O) groups is 1. The number of hydrogen-bond donors (Lipinski definition) is 0. The summed E-state index contributed by atoms with van der Waals surface area (Å²) in [7, 11) is 1.65. The molecular weight excluding hydrogens is 432 g/mol. The number of aryl methyl sites for hydroxylation is 1. The molecule has 0 spiro atoms. The maximum atomic E-state index is 12.7. The lowest BCUT2D eigenvalue weighted by molar-refractivity contribution is 0.00323. The van der Waals surface area contributed by atoms with E-state index in [1.807, 2.05) is 41.3 Å². The molecule has 1 saturated heterocycles.